The first-order valence-corrected chi connectivity index (χ1v) is 11.5. The molecule has 1 saturated heterocycles. The minimum absolute atomic E-state index is 0. The Morgan fingerprint density at radius 3 is 2.89 bits per heavy atom. The first-order valence-electron chi connectivity index (χ1n) is 9.76. The van der Waals surface area contributed by atoms with E-state index < -0.39 is 0 Å². The van der Waals surface area contributed by atoms with Gasteiger partial charge in [-0.05, 0) is 57.1 Å². The van der Waals surface area contributed by atoms with Crippen molar-refractivity contribution in [3.63, 3.8) is 0 Å². The molecule has 28 heavy (non-hydrogen) atoms. The first-order chi connectivity index (χ1) is 13.2. The second-order valence-corrected chi connectivity index (χ2v) is 9.13. The molecule has 3 heterocycles. The van der Waals surface area contributed by atoms with Gasteiger partial charge in [-0.3, -0.25) is 9.89 Å². The molecule has 3 rings (SSSR count). The van der Waals surface area contributed by atoms with E-state index >= 15 is 0 Å². The summed E-state index contributed by atoms with van der Waals surface area (Å²) in [5.41, 5.74) is 1.12. The van der Waals surface area contributed by atoms with E-state index in [1.807, 2.05) is 18.4 Å². The van der Waals surface area contributed by atoms with Crippen LogP contribution in [-0.2, 0) is 6.42 Å². The van der Waals surface area contributed by atoms with Crippen LogP contribution in [0.25, 0.3) is 0 Å². The molecule has 1 fully saturated rings. The molecule has 2 aromatic heterocycles. The summed E-state index contributed by atoms with van der Waals surface area (Å²) in [6.45, 7) is 5.11. The zero-order chi connectivity index (χ0) is 19.1. The Kier molecular flexibility index (Phi) is 10.2. The Balaban J connectivity index is 0.00000280. The summed E-state index contributed by atoms with van der Waals surface area (Å²) in [6, 6.07) is 4.95. The van der Waals surface area contributed by atoms with Crippen LogP contribution in [0.3, 0.4) is 0 Å². The number of rotatable bonds is 7. The molecule has 0 aliphatic carbocycles. The Morgan fingerprint density at radius 1 is 1.36 bits per heavy atom. The molecule has 2 aromatic rings. The van der Waals surface area contributed by atoms with Gasteiger partial charge in [-0.25, -0.2) is 4.98 Å². The number of aliphatic imine (C=N–C) groups is 1. The summed E-state index contributed by atoms with van der Waals surface area (Å²) in [5.74, 6) is 1.52. The Hall–Kier alpha value is -0.710. The number of guanidine groups is 1. The van der Waals surface area contributed by atoms with Crippen LogP contribution in [0.4, 0.5) is 0 Å². The molecular formula is C20H32IN5S2. The lowest BCUT2D eigenvalue weighted by Gasteiger charge is -2.39. The molecule has 0 amide bonds. The van der Waals surface area contributed by atoms with Crippen molar-refractivity contribution in [2.75, 3.05) is 33.7 Å². The highest BCUT2D eigenvalue weighted by molar-refractivity contribution is 14.0. The average molecular weight is 534 g/mol. The third kappa shape index (κ3) is 6.67. The maximum atomic E-state index is 4.53. The Morgan fingerprint density at radius 2 is 2.21 bits per heavy atom. The summed E-state index contributed by atoms with van der Waals surface area (Å²) < 4.78 is 0. The van der Waals surface area contributed by atoms with E-state index in [1.54, 1.807) is 11.3 Å². The third-order valence-electron chi connectivity index (χ3n) is 5.12. The molecule has 1 aliphatic heterocycles. The maximum Gasteiger partial charge on any atom is 0.190 e. The average Bonchev–Trinajstić information content (AvgIpc) is 3.33. The number of nitrogens with one attached hydrogen (secondary N) is 2. The van der Waals surface area contributed by atoms with Crippen LogP contribution in [0.1, 0.15) is 40.9 Å². The fourth-order valence-electron chi connectivity index (χ4n) is 3.79. The number of piperidine rings is 1. The molecule has 156 valence electrons. The number of thiazole rings is 1. The summed E-state index contributed by atoms with van der Waals surface area (Å²) >= 11 is 3.63. The van der Waals surface area contributed by atoms with Gasteiger partial charge >= 0.3 is 0 Å². The van der Waals surface area contributed by atoms with E-state index in [2.05, 4.69) is 62.4 Å². The van der Waals surface area contributed by atoms with Crippen molar-refractivity contribution in [1.82, 2.24) is 20.5 Å². The van der Waals surface area contributed by atoms with Crippen LogP contribution in [-0.4, -0.2) is 49.6 Å². The van der Waals surface area contributed by atoms with Gasteiger partial charge in [-0.15, -0.1) is 46.7 Å². The highest BCUT2D eigenvalue weighted by atomic mass is 127. The normalized spacial score (nSPS) is 20.6. The molecular weight excluding hydrogens is 501 g/mol. The van der Waals surface area contributed by atoms with Crippen LogP contribution < -0.4 is 10.6 Å². The molecule has 1 aliphatic rings. The van der Waals surface area contributed by atoms with Gasteiger partial charge < -0.3 is 10.6 Å². The molecule has 2 N–H and O–H groups in total. The maximum absolute atomic E-state index is 4.53. The molecule has 0 spiro atoms. The largest absolute Gasteiger partial charge is 0.356 e. The fraction of sp³-hybridized carbons (Fsp3) is 0.600. The quantitative estimate of drug-likeness (QED) is 0.241. The molecule has 8 heteroatoms. The van der Waals surface area contributed by atoms with Gasteiger partial charge in [-0.2, -0.15) is 0 Å². The molecule has 5 nitrogen and oxygen atoms in total. The third-order valence-corrected chi connectivity index (χ3v) is 7.09. The van der Waals surface area contributed by atoms with E-state index in [0.717, 1.165) is 37.6 Å². The van der Waals surface area contributed by atoms with Crippen molar-refractivity contribution in [3.05, 3.63) is 38.5 Å². The van der Waals surface area contributed by atoms with E-state index in [4.69, 9.17) is 0 Å². The topological polar surface area (TPSA) is 52.6 Å². The predicted octanol–water partition coefficient (Wildman–Crippen LogP) is 4.31. The highest BCUT2D eigenvalue weighted by Crippen LogP contribution is 2.36. The number of thiophene rings is 1. The summed E-state index contributed by atoms with van der Waals surface area (Å²) in [4.78, 5) is 12.9. The molecule has 0 aromatic carbocycles. The van der Waals surface area contributed by atoms with Crippen LogP contribution in [0, 0.1) is 12.8 Å². The van der Waals surface area contributed by atoms with Crippen LogP contribution >= 0.6 is 46.7 Å². The van der Waals surface area contributed by atoms with Gasteiger partial charge in [-0.1, -0.05) is 6.07 Å². The van der Waals surface area contributed by atoms with Crippen LogP contribution in [0.5, 0.6) is 0 Å². The summed E-state index contributed by atoms with van der Waals surface area (Å²) in [6.07, 6.45) is 4.62. The zero-order valence-electron chi connectivity index (χ0n) is 17.0. The minimum atomic E-state index is 0. The van der Waals surface area contributed by atoms with E-state index in [9.17, 15) is 0 Å². The van der Waals surface area contributed by atoms with Gasteiger partial charge in [0.25, 0.3) is 0 Å². The number of aromatic nitrogens is 1. The van der Waals surface area contributed by atoms with E-state index in [0.29, 0.717) is 12.0 Å². The smallest absolute Gasteiger partial charge is 0.190 e. The van der Waals surface area contributed by atoms with Crippen molar-refractivity contribution < 1.29 is 0 Å². The number of hydrogen-bond donors (Lipinski definition) is 2. The van der Waals surface area contributed by atoms with Gasteiger partial charge in [0.2, 0.25) is 0 Å². The van der Waals surface area contributed by atoms with Crippen LogP contribution in [0.2, 0.25) is 0 Å². The summed E-state index contributed by atoms with van der Waals surface area (Å²) in [7, 11) is 4.10. The van der Waals surface area contributed by atoms with Crippen molar-refractivity contribution in [2.24, 2.45) is 10.9 Å². The van der Waals surface area contributed by atoms with Gasteiger partial charge in [0.15, 0.2) is 5.96 Å². The number of aryl methyl sites for hydroxylation is 2. The second kappa shape index (κ2) is 12.1. The van der Waals surface area contributed by atoms with Crippen molar-refractivity contribution in [3.8, 4) is 0 Å². The SMILES string of the molecule is CN=C(NCCCc1nc(C)cs1)NCC1CCCN(C)C1c1cccs1.I. The van der Waals surface area contributed by atoms with Gasteiger partial charge in [0.05, 0.1) is 5.01 Å². The number of nitrogens with zero attached hydrogens (tertiary/aromatic N) is 3. The Labute approximate surface area is 194 Å². The van der Waals surface area contributed by atoms with E-state index in [1.165, 1.54) is 29.3 Å². The minimum Gasteiger partial charge on any atom is -0.356 e. The fourth-order valence-corrected chi connectivity index (χ4v) is 5.60. The molecule has 2 unspecified atom stereocenters. The predicted molar refractivity (Wildman–Crippen MR) is 132 cm³/mol. The van der Waals surface area contributed by atoms with Crippen molar-refractivity contribution in [1.29, 1.82) is 0 Å². The lowest BCUT2D eigenvalue weighted by atomic mass is 9.88. The number of likely N-dealkylation sites (tertiary alicyclic amines) is 1. The first kappa shape index (κ1) is 23.6. The lowest BCUT2D eigenvalue weighted by Crippen LogP contribution is -2.45. The molecule has 0 saturated carbocycles. The van der Waals surface area contributed by atoms with Crippen LogP contribution in [0.15, 0.2) is 27.9 Å². The monoisotopic (exact) mass is 533 g/mol. The standard InChI is InChI=1S/C20H31N5S2.HI/c1-15-14-27-18(24-15)9-4-10-22-20(21-2)23-13-16-7-5-11-25(3)19(16)17-8-6-12-26-17;/h6,8,12,14,16,19H,4-5,7,9-11,13H2,1-3H3,(H2,21,22,23);1H. The van der Waals surface area contributed by atoms with Crippen molar-refractivity contribution >= 4 is 52.6 Å². The summed E-state index contributed by atoms with van der Waals surface area (Å²) in [5, 5.41) is 12.5. The second-order valence-electron chi connectivity index (χ2n) is 7.21. The van der Waals surface area contributed by atoms with Crippen molar-refractivity contribution in [2.45, 2.75) is 38.6 Å². The van der Waals surface area contributed by atoms with Gasteiger partial charge in [0.1, 0.15) is 0 Å². The number of hydrogen-bond acceptors (Lipinski definition) is 5. The molecule has 2 atom stereocenters. The van der Waals surface area contributed by atoms with E-state index in [-0.39, 0.29) is 24.0 Å². The zero-order valence-corrected chi connectivity index (χ0v) is 20.9. The Bertz CT molecular complexity index is 716. The lowest BCUT2D eigenvalue weighted by molar-refractivity contribution is 0.125. The molecule has 0 bridgehead atoms. The van der Waals surface area contributed by atoms with Gasteiger partial charge in [0, 0.05) is 48.6 Å². The highest BCUT2D eigenvalue weighted by Gasteiger charge is 2.31. The number of halogens is 1. The molecule has 0 radical (unpaired) electrons.